The van der Waals surface area contributed by atoms with Crippen molar-refractivity contribution in [2.24, 2.45) is 0 Å². The minimum atomic E-state index is 0.471. The molecule has 0 saturated carbocycles. The smallest absolute Gasteiger partial charge is 0.203 e. The van der Waals surface area contributed by atoms with Crippen LogP contribution in [-0.2, 0) is 0 Å². The van der Waals surface area contributed by atoms with Gasteiger partial charge in [-0.25, -0.2) is 4.98 Å². The number of aromatic nitrogens is 2. The van der Waals surface area contributed by atoms with Crippen LogP contribution in [-0.4, -0.2) is 16.1 Å². The molecule has 1 heterocycles. The van der Waals surface area contributed by atoms with Crippen LogP contribution in [0.5, 0.6) is 0 Å². The Hall–Kier alpha value is -0.990. The maximum absolute atomic E-state index is 4.53. The Morgan fingerprint density at radius 2 is 1.83 bits per heavy atom. The predicted octanol–water partition coefficient (Wildman–Crippen LogP) is 4.54. The van der Waals surface area contributed by atoms with Gasteiger partial charge in [0.15, 0.2) is 0 Å². The molecular weight excluding hydrogens is 222 g/mol. The Bertz CT molecular complexity index is 328. The molecular formula is C15H29N3. The van der Waals surface area contributed by atoms with Crippen molar-refractivity contribution >= 4 is 5.95 Å². The summed E-state index contributed by atoms with van der Waals surface area (Å²) in [4.78, 5) is 4.53. The maximum Gasteiger partial charge on any atom is 0.203 e. The lowest BCUT2D eigenvalue weighted by atomic mass is 10.1. The molecule has 1 N–H and O–H groups in total. The molecule has 0 amide bonds. The number of hydrogen-bond acceptors (Lipinski definition) is 2. The van der Waals surface area contributed by atoms with Gasteiger partial charge in [-0.1, -0.05) is 39.0 Å². The fourth-order valence-electron chi connectivity index (χ4n) is 2.15. The molecule has 0 spiro atoms. The van der Waals surface area contributed by atoms with E-state index in [0.29, 0.717) is 6.04 Å². The van der Waals surface area contributed by atoms with Gasteiger partial charge in [0.1, 0.15) is 0 Å². The number of anilines is 1. The van der Waals surface area contributed by atoms with Crippen LogP contribution in [0.1, 0.15) is 71.0 Å². The third-order valence-corrected chi connectivity index (χ3v) is 3.22. The van der Waals surface area contributed by atoms with Gasteiger partial charge in [-0.3, -0.25) is 0 Å². The zero-order chi connectivity index (χ0) is 13.4. The Kier molecular flexibility index (Phi) is 6.84. The van der Waals surface area contributed by atoms with E-state index in [0.717, 1.165) is 18.2 Å². The van der Waals surface area contributed by atoms with Gasteiger partial charge in [-0.15, -0.1) is 0 Å². The number of rotatable bonds is 9. The number of nitrogens with zero attached hydrogens (tertiary/aromatic N) is 2. The number of aryl methyl sites for hydroxylation is 1. The van der Waals surface area contributed by atoms with E-state index in [9.17, 15) is 0 Å². The molecule has 104 valence electrons. The van der Waals surface area contributed by atoms with Crippen molar-refractivity contribution in [3.8, 4) is 0 Å². The van der Waals surface area contributed by atoms with Crippen LogP contribution >= 0.6 is 0 Å². The average Bonchev–Trinajstić information content (AvgIpc) is 2.69. The van der Waals surface area contributed by atoms with Crippen LogP contribution in [0.3, 0.4) is 0 Å². The van der Waals surface area contributed by atoms with E-state index in [2.05, 4.69) is 48.8 Å². The molecule has 0 aliphatic heterocycles. The Balaban J connectivity index is 2.22. The Morgan fingerprint density at radius 1 is 1.17 bits per heavy atom. The highest BCUT2D eigenvalue weighted by Gasteiger charge is 2.07. The van der Waals surface area contributed by atoms with Crippen LogP contribution in [0.2, 0.25) is 0 Å². The lowest BCUT2D eigenvalue weighted by Crippen LogP contribution is -2.10. The summed E-state index contributed by atoms with van der Waals surface area (Å²) in [7, 11) is 0. The summed E-state index contributed by atoms with van der Waals surface area (Å²) in [6.07, 6.45) is 10.1. The van der Waals surface area contributed by atoms with E-state index < -0.39 is 0 Å². The minimum absolute atomic E-state index is 0.471. The van der Waals surface area contributed by atoms with E-state index in [1.165, 1.54) is 38.5 Å². The zero-order valence-corrected chi connectivity index (χ0v) is 12.5. The number of hydrogen-bond donors (Lipinski definition) is 1. The van der Waals surface area contributed by atoms with Gasteiger partial charge >= 0.3 is 0 Å². The second-order valence-electron chi connectivity index (χ2n) is 5.40. The van der Waals surface area contributed by atoms with E-state index in [-0.39, 0.29) is 0 Å². The minimum Gasteiger partial charge on any atom is -0.356 e. The van der Waals surface area contributed by atoms with Crippen molar-refractivity contribution < 1.29 is 0 Å². The first kappa shape index (κ1) is 15.1. The maximum atomic E-state index is 4.53. The Labute approximate surface area is 112 Å². The molecule has 0 aliphatic rings. The van der Waals surface area contributed by atoms with Crippen LogP contribution in [0, 0.1) is 6.92 Å². The van der Waals surface area contributed by atoms with Crippen molar-refractivity contribution in [3.63, 3.8) is 0 Å². The molecule has 0 fully saturated rings. The van der Waals surface area contributed by atoms with Gasteiger partial charge in [-0.2, -0.15) is 0 Å². The fraction of sp³-hybridized carbons (Fsp3) is 0.800. The molecule has 18 heavy (non-hydrogen) atoms. The van der Waals surface area contributed by atoms with E-state index in [1.807, 2.05) is 0 Å². The van der Waals surface area contributed by atoms with Gasteiger partial charge < -0.3 is 9.88 Å². The van der Waals surface area contributed by atoms with Crippen molar-refractivity contribution in [1.82, 2.24) is 9.55 Å². The van der Waals surface area contributed by atoms with Crippen molar-refractivity contribution in [2.45, 2.75) is 72.3 Å². The summed E-state index contributed by atoms with van der Waals surface area (Å²) in [6.45, 7) is 9.73. The molecule has 0 unspecified atom stereocenters. The van der Waals surface area contributed by atoms with Crippen molar-refractivity contribution in [2.75, 3.05) is 11.9 Å². The third-order valence-electron chi connectivity index (χ3n) is 3.22. The van der Waals surface area contributed by atoms with Gasteiger partial charge in [0.25, 0.3) is 0 Å². The van der Waals surface area contributed by atoms with Gasteiger partial charge in [0, 0.05) is 18.8 Å². The topological polar surface area (TPSA) is 29.9 Å². The normalized spacial score (nSPS) is 11.2. The van der Waals surface area contributed by atoms with Crippen LogP contribution in [0.15, 0.2) is 6.20 Å². The molecule has 0 aromatic carbocycles. The highest BCUT2D eigenvalue weighted by atomic mass is 15.2. The Morgan fingerprint density at radius 3 is 2.50 bits per heavy atom. The number of unbranched alkanes of at least 4 members (excludes halogenated alkanes) is 5. The van der Waals surface area contributed by atoms with Crippen molar-refractivity contribution in [1.29, 1.82) is 0 Å². The van der Waals surface area contributed by atoms with E-state index >= 15 is 0 Å². The van der Waals surface area contributed by atoms with E-state index in [1.54, 1.807) is 0 Å². The summed E-state index contributed by atoms with van der Waals surface area (Å²) in [6, 6.07) is 0.471. The molecule has 3 heteroatoms. The molecule has 0 aliphatic carbocycles. The number of imidazole rings is 1. The average molecular weight is 251 g/mol. The highest BCUT2D eigenvalue weighted by molar-refractivity contribution is 5.29. The summed E-state index contributed by atoms with van der Waals surface area (Å²) < 4.78 is 2.21. The van der Waals surface area contributed by atoms with Gasteiger partial charge in [0.2, 0.25) is 5.95 Å². The van der Waals surface area contributed by atoms with Crippen LogP contribution in [0.25, 0.3) is 0 Å². The molecule has 0 saturated heterocycles. The molecule has 0 atom stereocenters. The molecule has 3 nitrogen and oxygen atoms in total. The van der Waals surface area contributed by atoms with Crippen molar-refractivity contribution in [3.05, 3.63) is 11.9 Å². The summed E-state index contributed by atoms with van der Waals surface area (Å²) in [5.41, 5.74) is 1.09. The first-order chi connectivity index (χ1) is 8.65. The summed E-state index contributed by atoms with van der Waals surface area (Å²) >= 11 is 0. The van der Waals surface area contributed by atoms with Crippen LogP contribution in [0.4, 0.5) is 5.95 Å². The summed E-state index contributed by atoms with van der Waals surface area (Å²) in [5, 5.41) is 3.46. The molecule has 1 aromatic heterocycles. The number of nitrogens with one attached hydrogen (secondary N) is 1. The first-order valence-corrected chi connectivity index (χ1v) is 7.44. The molecule has 1 rings (SSSR count). The molecule has 1 aromatic rings. The quantitative estimate of drug-likeness (QED) is 0.653. The van der Waals surface area contributed by atoms with E-state index in [4.69, 9.17) is 0 Å². The third kappa shape index (κ3) is 5.11. The lowest BCUT2D eigenvalue weighted by molar-refractivity contribution is 0.596. The zero-order valence-electron chi connectivity index (χ0n) is 12.5. The predicted molar refractivity (Wildman–Crippen MR) is 79.2 cm³/mol. The molecule has 0 bridgehead atoms. The molecule has 0 radical (unpaired) electrons. The summed E-state index contributed by atoms with van der Waals surface area (Å²) in [5.74, 6) is 1.02. The second-order valence-corrected chi connectivity index (χ2v) is 5.40. The standard InChI is InChI=1S/C15H29N3/c1-5-6-7-8-9-10-11-16-15-17-14(4)12-18(15)13(2)3/h12-13H,5-11H2,1-4H3,(H,16,17). The van der Waals surface area contributed by atoms with Gasteiger partial charge in [-0.05, 0) is 27.2 Å². The fourth-order valence-corrected chi connectivity index (χ4v) is 2.15. The highest BCUT2D eigenvalue weighted by Crippen LogP contribution is 2.15. The van der Waals surface area contributed by atoms with Gasteiger partial charge in [0.05, 0.1) is 5.69 Å². The monoisotopic (exact) mass is 251 g/mol. The SMILES string of the molecule is CCCCCCCCNc1nc(C)cn1C(C)C. The lowest BCUT2D eigenvalue weighted by Gasteiger charge is -2.12. The first-order valence-electron chi connectivity index (χ1n) is 7.44. The van der Waals surface area contributed by atoms with Crippen LogP contribution < -0.4 is 5.32 Å². The second kappa shape index (κ2) is 8.17. The largest absolute Gasteiger partial charge is 0.356 e.